The zero-order valence-electron chi connectivity index (χ0n) is 11.1. The Kier molecular flexibility index (Phi) is 5.65. The van der Waals surface area contributed by atoms with Gasteiger partial charge in [0.15, 0.2) is 5.82 Å². The maximum Gasteiger partial charge on any atom is 0.226 e. The van der Waals surface area contributed by atoms with Crippen LogP contribution in [0.2, 0.25) is 0 Å². The molecule has 4 heteroatoms. The van der Waals surface area contributed by atoms with E-state index in [0.29, 0.717) is 5.92 Å². The maximum atomic E-state index is 8.74. The topological polar surface area (TPSA) is 59.2 Å². The number of nitrogens with zero attached hydrogens (tertiary/aromatic N) is 2. The van der Waals surface area contributed by atoms with Crippen LogP contribution in [0.25, 0.3) is 0 Å². The van der Waals surface area contributed by atoms with Gasteiger partial charge in [0.05, 0.1) is 0 Å². The molecule has 102 valence electrons. The van der Waals surface area contributed by atoms with Gasteiger partial charge in [0, 0.05) is 18.9 Å². The van der Waals surface area contributed by atoms with Crippen molar-refractivity contribution in [2.45, 2.75) is 70.1 Å². The summed E-state index contributed by atoms with van der Waals surface area (Å²) in [6.45, 7) is 0.240. The van der Waals surface area contributed by atoms with Crippen molar-refractivity contribution in [3.8, 4) is 0 Å². The van der Waals surface area contributed by atoms with Gasteiger partial charge >= 0.3 is 0 Å². The average Bonchev–Trinajstić information content (AvgIpc) is 2.78. The molecule has 0 bridgehead atoms. The predicted molar refractivity (Wildman–Crippen MR) is 69.4 cm³/mol. The molecule has 0 atom stereocenters. The molecule has 1 N–H and O–H groups in total. The fraction of sp³-hybridized carbons (Fsp3) is 0.857. The van der Waals surface area contributed by atoms with Gasteiger partial charge in [-0.15, -0.1) is 0 Å². The third-order valence-corrected chi connectivity index (χ3v) is 3.75. The summed E-state index contributed by atoms with van der Waals surface area (Å²) in [6, 6.07) is 0. The van der Waals surface area contributed by atoms with Crippen LogP contribution in [0, 0.1) is 0 Å². The quantitative estimate of drug-likeness (QED) is 0.817. The average molecular weight is 252 g/mol. The van der Waals surface area contributed by atoms with E-state index in [1.54, 1.807) is 0 Å². The van der Waals surface area contributed by atoms with Crippen LogP contribution in [-0.2, 0) is 6.42 Å². The van der Waals surface area contributed by atoms with Gasteiger partial charge in [-0.05, 0) is 25.7 Å². The number of hydrogen-bond donors (Lipinski definition) is 1. The summed E-state index contributed by atoms with van der Waals surface area (Å²) in [5, 5.41) is 12.9. The largest absolute Gasteiger partial charge is 0.396 e. The van der Waals surface area contributed by atoms with E-state index in [0.717, 1.165) is 31.0 Å². The number of hydrogen-bond acceptors (Lipinski definition) is 4. The first-order valence-electron chi connectivity index (χ1n) is 7.33. The van der Waals surface area contributed by atoms with Crippen molar-refractivity contribution in [1.29, 1.82) is 0 Å². The van der Waals surface area contributed by atoms with Crippen molar-refractivity contribution in [3.63, 3.8) is 0 Å². The summed E-state index contributed by atoms with van der Waals surface area (Å²) < 4.78 is 5.29. The standard InChI is InChI=1S/C14H24N2O2/c17-11-7-6-10-13-15-14(16-18-13)12-8-4-2-1-3-5-9-12/h12,17H,1-11H2. The Balaban J connectivity index is 1.86. The number of aliphatic hydroxyl groups excluding tert-OH is 1. The summed E-state index contributed by atoms with van der Waals surface area (Å²) in [7, 11) is 0. The van der Waals surface area contributed by atoms with Gasteiger partial charge in [0.25, 0.3) is 0 Å². The van der Waals surface area contributed by atoms with E-state index in [1.807, 2.05) is 0 Å². The number of aromatic nitrogens is 2. The highest BCUT2D eigenvalue weighted by molar-refractivity contribution is 4.96. The van der Waals surface area contributed by atoms with Crippen LogP contribution < -0.4 is 0 Å². The summed E-state index contributed by atoms with van der Waals surface area (Å²) >= 11 is 0. The number of rotatable bonds is 5. The van der Waals surface area contributed by atoms with Crippen molar-refractivity contribution in [2.75, 3.05) is 6.61 Å². The molecule has 18 heavy (non-hydrogen) atoms. The van der Waals surface area contributed by atoms with Crippen molar-refractivity contribution in [2.24, 2.45) is 0 Å². The van der Waals surface area contributed by atoms with Gasteiger partial charge in [-0.1, -0.05) is 37.3 Å². The lowest BCUT2D eigenvalue weighted by Gasteiger charge is -2.15. The molecule has 0 aliphatic heterocycles. The second kappa shape index (κ2) is 7.52. The lowest BCUT2D eigenvalue weighted by Crippen LogP contribution is -2.04. The molecule has 0 radical (unpaired) electrons. The molecule has 4 nitrogen and oxygen atoms in total. The number of unbranched alkanes of at least 4 members (excludes halogenated alkanes) is 1. The Hall–Kier alpha value is -0.900. The fourth-order valence-corrected chi connectivity index (χ4v) is 2.64. The predicted octanol–water partition coefficient (Wildman–Crippen LogP) is 3.21. The molecule has 0 saturated heterocycles. The minimum Gasteiger partial charge on any atom is -0.396 e. The normalized spacial score (nSPS) is 18.5. The van der Waals surface area contributed by atoms with E-state index in [-0.39, 0.29) is 6.61 Å². The summed E-state index contributed by atoms with van der Waals surface area (Å²) in [5.41, 5.74) is 0. The van der Waals surface area contributed by atoms with Crippen molar-refractivity contribution in [3.05, 3.63) is 11.7 Å². The molecular formula is C14H24N2O2. The minimum atomic E-state index is 0.240. The zero-order valence-corrected chi connectivity index (χ0v) is 11.1. The highest BCUT2D eigenvalue weighted by Gasteiger charge is 2.19. The monoisotopic (exact) mass is 252 g/mol. The Morgan fingerprint density at radius 2 is 1.78 bits per heavy atom. The van der Waals surface area contributed by atoms with E-state index < -0.39 is 0 Å². The number of aliphatic hydroxyl groups is 1. The molecule has 0 amide bonds. The van der Waals surface area contributed by atoms with Crippen molar-refractivity contribution >= 4 is 0 Å². The molecule has 1 aliphatic carbocycles. The van der Waals surface area contributed by atoms with Gasteiger partial charge in [0.2, 0.25) is 5.89 Å². The molecule has 1 aromatic heterocycles. The van der Waals surface area contributed by atoms with Gasteiger partial charge in [0.1, 0.15) is 0 Å². The first kappa shape index (κ1) is 13.5. The first-order chi connectivity index (χ1) is 8.90. The van der Waals surface area contributed by atoms with Gasteiger partial charge in [-0.2, -0.15) is 4.98 Å². The van der Waals surface area contributed by atoms with Crippen LogP contribution in [0.5, 0.6) is 0 Å². The Morgan fingerprint density at radius 3 is 2.50 bits per heavy atom. The molecule has 1 aromatic rings. The molecular weight excluding hydrogens is 228 g/mol. The smallest absolute Gasteiger partial charge is 0.226 e. The lowest BCUT2D eigenvalue weighted by atomic mass is 9.91. The van der Waals surface area contributed by atoms with E-state index in [2.05, 4.69) is 10.1 Å². The molecule has 1 heterocycles. The Bertz CT molecular complexity index is 330. The molecule has 0 unspecified atom stereocenters. The van der Waals surface area contributed by atoms with Crippen LogP contribution in [0.3, 0.4) is 0 Å². The summed E-state index contributed by atoms with van der Waals surface area (Å²) in [6.07, 6.45) is 11.6. The van der Waals surface area contributed by atoms with Crippen molar-refractivity contribution in [1.82, 2.24) is 10.1 Å². The van der Waals surface area contributed by atoms with Gasteiger partial charge in [-0.3, -0.25) is 0 Å². The number of aryl methyl sites for hydroxylation is 1. The second-order valence-corrected chi connectivity index (χ2v) is 5.27. The molecule has 1 aliphatic rings. The third kappa shape index (κ3) is 4.09. The SMILES string of the molecule is OCCCCc1nc(C2CCCCCCC2)no1. The lowest BCUT2D eigenvalue weighted by molar-refractivity contribution is 0.280. The van der Waals surface area contributed by atoms with Gasteiger partial charge < -0.3 is 9.63 Å². The van der Waals surface area contributed by atoms with E-state index in [1.165, 1.54) is 44.9 Å². The van der Waals surface area contributed by atoms with Crippen LogP contribution >= 0.6 is 0 Å². The van der Waals surface area contributed by atoms with Crippen LogP contribution in [0.1, 0.15) is 75.4 Å². The fourth-order valence-electron chi connectivity index (χ4n) is 2.64. The van der Waals surface area contributed by atoms with Crippen LogP contribution in [0.4, 0.5) is 0 Å². The highest BCUT2D eigenvalue weighted by Crippen LogP contribution is 2.29. The second-order valence-electron chi connectivity index (χ2n) is 5.27. The van der Waals surface area contributed by atoms with E-state index >= 15 is 0 Å². The molecule has 1 fully saturated rings. The molecule has 0 aromatic carbocycles. The van der Waals surface area contributed by atoms with Crippen LogP contribution in [0.15, 0.2) is 4.52 Å². The van der Waals surface area contributed by atoms with Crippen molar-refractivity contribution < 1.29 is 9.63 Å². The maximum absolute atomic E-state index is 8.74. The zero-order chi connectivity index (χ0) is 12.6. The van der Waals surface area contributed by atoms with E-state index in [9.17, 15) is 0 Å². The Morgan fingerprint density at radius 1 is 1.06 bits per heavy atom. The summed E-state index contributed by atoms with van der Waals surface area (Å²) in [5.74, 6) is 2.15. The molecule has 2 rings (SSSR count). The Labute approximate surface area is 109 Å². The molecule has 0 spiro atoms. The molecule has 1 saturated carbocycles. The van der Waals surface area contributed by atoms with Crippen LogP contribution in [-0.4, -0.2) is 21.9 Å². The first-order valence-corrected chi connectivity index (χ1v) is 7.33. The summed E-state index contributed by atoms with van der Waals surface area (Å²) in [4.78, 5) is 4.52. The third-order valence-electron chi connectivity index (χ3n) is 3.75. The van der Waals surface area contributed by atoms with Gasteiger partial charge in [-0.25, -0.2) is 0 Å². The highest BCUT2D eigenvalue weighted by atomic mass is 16.5. The van der Waals surface area contributed by atoms with E-state index in [4.69, 9.17) is 9.63 Å². The minimum absolute atomic E-state index is 0.240.